The molecule has 1 saturated heterocycles. The highest BCUT2D eigenvalue weighted by molar-refractivity contribution is 6.31. The Kier molecular flexibility index (Phi) is 7.63. The Morgan fingerprint density at radius 1 is 0.919 bits per heavy atom. The predicted octanol–water partition coefficient (Wildman–Crippen LogP) is 5.82. The second kappa shape index (κ2) is 11.4. The van der Waals surface area contributed by atoms with Gasteiger partial charge < -0.3 is 15.5 Å². The lowest BCUT2D eigenvalue weighted by Gasteiger charge is -2.36. The SMILES string of the molecule is CC(=O)Nc1ccc(-c2ccnc(Nc3cccc(N4CCN(Cc5ccccc5Cl)CC4)c3)n2)cc1. The van der Waals surface area contributed by atoms with Crippen LogP contribution in [0.4, 0.5) is 23.0 Å². The molecule has 1 aliphatic rings. The summed E-state index contributed by atoms with van der Waals surface area (Å²) in [5, 5.41) is 6.96. The lowest BCUT2D eigenvalue weighted by Crippen LogP contribution is -2.46. The van der Waals surface area contributed by atoms with E-state index in [-0.39, 0.29) is 5.91 Å². The van der Waals surface area contributed by atoms with Crippen molar-refractivity contribution in [2.24, 2.45) is 0 Å². The van der Waals surface area contributed by atoms with E-state index < -0.39 is 0 Å². The maximum atomic E-state index is 11.3. The number of hydrogen-bond acceptors (Lipinski definition) is 6. The number of carbonyl (C=O) groups is 1. The summed E-state index contributed by atoms with van der Waals surface area (Å²) in [7, 11) is 0. The molecule has 0 radical (unpaired) electrons. The van der Waals surface area contributed by atoms with Crippen LogP contribution in [0.2, 0.25) is 5.02 Å². The molecule has 4 aromatic rings. The van der Waals surface area contributed by atoms with E-state index in [2.05, 4.69) is 54.7 Å². The molecule has 37 heavy (non-hydrogen) atoms. The molecule has 1 amide bonds. The first-order valence-corrected chi connectivity index (χ1v) is 12.7. The lowest BCUT2D eigenvalue weighted by atomic mass is 10.1. The fourth-order valence-corrected chi connectivity index (χ4v) is 4.64. The second-order valence-corrected chi connectivity index (χ2v) is 9.46. The van der Waals surface area contributed by atoms with Crippen molar-refractivity contribution in [2.75, 3.05) is 41.7 Å². The molecule has 1 fully saturated rings. The van der Waals surface area contributed by atoms with Gasteiger partial charge in [-0.15, -0.1) is 0 Å². The zero-order valence-electron chi connectivity index (χ0n) is 20.7. The largest absolute Gasteiger partial charge is 0.369 e. The quantitative estimate of drug-likeness (QED) is 0.325. The number of nitrogens with zero attached hydrogens (tertiary/aromatic N) is 4. The number of hydrogen-bond donors (Lipinski definition) is 2. The third-order valence-electron chi connectivity index (χ3n) is 6.35. The molecule has 0 bridgehead atoms. The van der Waals surface area contributed by atoms with Gasteiger partial charge in [0, 0.05) is 73.5 Å². The molecule has 2 N–H and O–H groups in total. The van der Waals surface area contributed by atoms with Crippen LogP contribution in [0.3, 0.4) is 0 Å². The van der Waals surface area contributed by atoms with E-state index in [1.54, 1.807) is 6.20 Å². The summed E-state index contributed by atoms with van der Waals surface area (Å²) in [6.45, 7) is 6.23. The first kappa shape index (κ1) is 24.7. The predicted molar refractivity (Wildman–Crippen MR) is 150 cm³/mol. The summed E-state index contributed by atoms with van der Waals surface area (Å²) >= 11 is 6.35. The monoisotopic (exact) mass is 512 g/mol. The Bertz CT molecular complexity index is 1370. The van der Waals surface area contributed by atoms with E-state index in [1.807, 2.05) is 54.6 Å². The second-order valence-electron chi connectivity index (χ2n) is 9.05. The highest BCUT2D eigenvalue weighted by Crippen LogP contribution is 2.25. The standard InChI is InChI=1S/C29H29ClN6O/c1-21(37)32-24-11-9-22(10-12-24)28-13-14-31-29(34-28)33-25-6-4-7-26(19-25)36-17-15-35(16-18-36)20-23-5-2-3-8-27(23)30/h2-14,19H,15-18,20H2,1H3,(H,32,37)(H,31,33,34). The van der Waals surface area contributed by atoms with Gasteiger partial charge in [0.2, 0.25) is 11.9 Å². The third-order valence-corrected chi connectivity index (χ3v) is 6.72. The van der Waals surface area contributed by atoms with Crippen LogP contribution >= 0.6 is 11.6 Å². The van der Waals surface area contributed by atoms with Crippen LogP contribution in [0.5, 0.6) is 0 Å². The van der Waals surface area contributed by atoms with Crippen LogP contribution in [-0.4, -0.2) is 47.0 Å². The smallest absolute Gasteiger partial charge is 0.227 e. The fourth-order valence-electron chi connectivity index (χ4n) is 4.45. The molecule has 0 spiro atoms. The maximum Gasteiger partial charge on any atom is 0.227 e. The number of benzene rings is 3. The average Bonchev–Trinajstić information content (AvgIpc) is 2.91. The zero-order chi connectivity index (χ0) is 25.6. The average molecular weight is 513 g/mol. The van der Waals surface area contributed by atoms with Crippen molar-refractivity contribution < 1.29 is 4.79 Å². The van der Waals surface area contributed by atoms with Crippen LogP contribution in [0, 0.1) is 0 Å². The van der Waals surface area contributed by atoms with Crippen molar-refractivity contribution in [3.63, 3.8) is 0 Å². The normalized spacial score (nSPS) is 13.8. The topological polar surface area (TPSA) is 73.4 Å². The first-order valence-electron chi connectivity index (χ1n) is 12.3. The van der Waals surface area contributed by atoms with E-state index >= 15 is 0 Å². The Morgan fingerprint density at radius 2 is 1.70 bits per heavy atom. The van der Waals surface area contributed by atoms with Crippen LogP contribution in [0.1, 0.15) is 12.5 Å². The van der Waals surface area contributed by atoms with E-state index in [0.29, 0.717) is 5.95 Å². The molecule has 1 aliphatic heterocycles. The van der Waals surface area contributed by atoms with E-state index in [4.69, 9.17) is 11.6 Å². The number of carbonyl (C=O) groups excluding carboxylic acids is 1. The Balaban J connectivity index is 1.21. The van der Waals surface area contributed by atoms with Gasteiger partial charge in [-0.25, -0.2) is 9.97 Å². The Labute approximate surface area is 222 Å². The minimum Gasteiger partial charge on any atom is -0.369 e. The van der Waals surface area contributed by atoms with Crippen LogP contribution in [-0.2, 0) is 11.3 Å². The van der Waals surface area contributed by atoms with Gasteiger partial charge in [0.1, 0.15) is 0 Å². The molecule has 2 heterocycles. The Hall–Kier alpha value is -3.94. The third kappa shape index (κ3) is 6.44. The number of halogens is 1. The molecular formula is C29H29ClN6O. The molecular weight excluding hydrogens is 484 g/mol. The first-order chi connectivity index (χ1) is 18.0. The van der Waals surface area contributed by atoms with Gasteiger partial charge >= 0.3 is 0 Å². The van der Waals surface area contributed by atoms with Crippen LogP contribution in [0.25, 0.3) is 11.3 Å². The number of aromatic nitrogens is 2. The van der Waals surface area contributed by atoms with Gasteiger partial charge in [-0.05, 0) is 48.0 Å². The molecule has 0 aliphatic carbocycles. The lowest BCUT2D eigenvalue weighted by molar-refractivity contribution is -0.114. The van der Waals surface area contributed by atoms with Crippen molar-refractivity contribution in [2.45, 2.75) is 13.5 Å². The highest BCUT2D eigenvalue weighted by atomic mass is 35.5. The number of amides is 1. The van der Waals surface area contributed by atoms with E-state index in [1.165, 1.54) is 18.2 Å². The van der Waals surface area contributed by atoms with Crippen LogP contribution < -0.4 is 15.5 Å². The summed E-state index contributed by atoms with van der Waals surface area (Å²) in [4.78, 5) is 25.2. The summed E-state index contributed by atoms with van der Waals surface area (Å²) in [6, 6.07) is 25.9. The minimum atomic E-state index is -0.0949. The van der Waals surface area contributed by atoms with E-state index in [0.717, 1.165) is 60.4 Å². The van der Waals surface area contributed by atoms with Gasteiger partial charge in [-0.2, -0.15) is 0 Å². The number of anilines is 4. The minimum absolute atomic E-state index is 0.0949. The van der Waals surface area contributed by atoms with Crippen molar-refractivity contribution >= 4 is 40.5 Å². The number of rotatable bonds is 7. The Morgan fingerprint density at radius 3 is 2.46 bits per heavy atom. The molecule has 0 saturated carbocycles. The molecule has 8 heteroatoms. The zero-order valence-corrected chi connectivity index (χ0v) is 21.4. The number of nitrogens with one attached hydrogen (secondary N) is 2. The summed E-state index contributed by atoms with van der Waals surface area (Å²) in [5.74, 6) is 0.438. The molecule has 188 valence electrons. The maximum absolute atomic E-state index is 11.3. The molecule has 3 aromatic carbocycles. The van der Waals surface area contributed by atoms with Crippen molar-refractivity contribution in [1.82, 2.24) is 14.9 Å². The van der Waals surface area contributed by atoms with Crippen molar-refractivity contribution in [3.8, 4) is 11.3 Å². The molecule has 5 rings (SSSR count). The van der Waals surface area contributed by atoms with Crippen molar-refractivity contribution in [1.29, 1.82) is 0 Å². The van der Waals surface area contributed by atoms with Crippen molar-refractivity contribution in [3.05, 3.63) is 95.6 Å². The van der Waals surface area contributed by atoms with Gasteiger partial charge in [-0.3, -0.25) is 9.69 Å². The van der Waals surface area contributed by atoms with Gasteiger partial charge in [0.15, 0.2) is 0 Å². The van der Waals surface area contributed by atoms with Gasteiger partial charge in [0.05, 0.1) is 5.69 Å². The summed E-state index contributed by atoms with van der Waals surface area (Å²) in [6.07, 6.45) is 1.74. The molecule has 1 aromatic heterocycles. The van der Waals surface area contributed by atoms with Gasteiger partial charge in [0.25, 0.3) is 0 Å². The number of piperazine rings is 1. The van der Waals surface area contributed by atoms with Crippen LogP contribution in [0.15, 0.2) is 85.1 Å². The molecule has 7 nitrogen and oxygen atoms in total. The fraction of sp³-hybridized carbons (Fsp3) is 0.207. The summed E-state index contributed by atoms with van der Waals surface area (Å²) < 4.78 is 0. The van der Waals surface area contributed by atoms with Gasteiger partial charge in [-0.1, -0.05) is 48.0 Å². The highest BCUT2D eigenvalue weighted by Gasteiger charge is 2.18. The molecule has 0 unspecified atom stereocenters. The summed E-state index contributed by atoms with van der Waals surface area (Å²) in [5.41, 5.74) is 5.79. The molecule has 0 atom stereocenters. The van der Waals surface area contributed by atoms with E-state index in [9.17, 15) is 4.79 Å².